The molecule has 0 bridgehead atoms. The Morgan fingerprint density at radius 3 is 2.41 bits per heavy atom. The lowest BCUT2D eigenvalue weighted by Crippen LogP contribution is -2.43. The van der Waals surface area contributed by atoms with E-state index in [9.17, 15) is 4.79 Å². The number of fused-ring (bicyclic) bond motifs is 1. The van der Waals surface area contributed by atoms with E-state index in [1.807, 2.05) is 36.4 Å². The molecule has 0 radical (unpaired) electrons. The van der Waals surface area contributed by atoms with Crippen LogP contribution in [-0.4, -0.2) is 33.5 Å². The van der Waals surface area contributed by atoms with E-state index in [0.717, 1.165) is 25.0 Å². The number of amides is 1. The molecule has 4 rings (SSSR count). The van der Waals surface area contributed by atoms with Crippen molar-refractivity contribution < 1.29 is 9.53 Å². The number of aromatic nitrogens is 3. The van der Waals surface area contributed by atoms with Crippen molar-refractivity contribution in [2.24, 2.45) is 5.92 Å². The maximum Gasteiger partial charge on any atom is 0.223 e. The van der Waals surface area contributed by atoms with Gasteiger partial charge in [0.25, 0.3) is 0 Å². The van der Waals surface area contributed by atoms with Crippen LogP contribution in [-0.2, 0) is 35.5 Å². The molecule has 1 N–H and O–H groups in total. The summed E-state index contributed by atoms with van der Waals surface area (Å²) < 4.78 is 7.67. The normalized spacial score (nSPS) is 20.3. The molecule has 29 heavy (non-hydrogen) atoms. The van der Waals surface area contributed by atoms with Gasteiger partial charge < -0.3 is 10.1 Å². The predicted octanol–water partition coefficient (Wildman–Crippen LogP) is 2.78. The fraction of sp³-hybridized carbons (Fsp3) is 0.348. The van der Waals surface area contributed by atoms with Crippen molar-refractivity contribution in [3.8, 4) is 0 Å². The van der Waals surface area contributed by atoms with Gasteiger partial charge in [-0.1, -0.05) is 65.9 Å². The highest BCUT2D eigenvalue weighted by Gasteiger charge is 2.24. The van der Waals surface area contributed by atoms with Crippen LogP contribution >= 0.6 is 0 Å². The molecule has 6 heteroatoms. The highest BCUT2D eigenvalue weighted by molar-refractivity contribution is 5.79. The molecule has 0 aliphatic carbocycles. The molecule has 1 amide bonds. The maximum absolute atomic E-state index is 13.2. The number of rotatable bonds is 4. The Kier molecular flexibility index (Phi) is 6.32. The van der Waals surface area contributed by atoms with Crippen LogP contribution in [0.15, 0.2) is 66.9 Å². The number of benzene rings is 2. The Labute approximate surface area is 170 Å². The third-order valence-electron chi connectivity index (χ3n) is 5.35. The SMILES string of the molecule is O=C1N[C@@H](Cc2ccccc2)COCn2nncc2CC[C@@H]1Cc1ccccc1. The fourth-order valence-corrected chi connectivity index (χ4v) is 3.78. The highest BCUT2D eigenvalue weighted by atomic mass is 16.5. The molecule has 0 fully saturated rings. The van der Waals surface area contributed by atoms with E-state index in [0.29, 0.717) is 19.8 Å². The Morgan fingerprint density at radius 2 is 1.69 bits per heavy atom. The summed E-state index contributed by atoms with van der Waals surface area (Å²) >= 11 is 0. The molecule has 0 saturated heterocycles. The molecular formula is C23H26N4O2. The number of hydrogen-bond donors (Lipinski definition) is 1. The molecule has 150 valence electrons. The van der Waals surface area contributed by atoms with E-state index in [1.165, 1.54) is 11.1 Å². The van der Waals surface area contributed by atoms with Gasteiger partial charge in [-0.15, -0.1) is 5.10 Å². The van der Waals surface area contributed by atoms with Crippen LogP contribution in [0.5, 0.6) is 0 Å². The van der Waals surface area contributed by atoms with Crippen molar-refractivity contribution in [3.05, 3.63) is 83.7 Å². The van der Waals surface area contributed by atoms with Crippen LogP contribution in [0.3, 0.4) is 0 Å². The van der Waals surface area contributed by atoms with Gasteiger partial charge in [0.1, 0.15) is 6.73 Å². The fourth-order valence-electron chi connectivity index (χ4n) is 3.78. The van der Waals surface area contributed by atoms with E-state index in [1.54, 1.807) is 10.9 Å². The van der Waals surface area contributed by atoms with Gasteiger partial charge in [0.05, 0.1) is 24.5 Å². The van der Waals surface area contributed by atoms with Crippen LogP contribution in [0.4, 0.5) is 0 Å². The van der Waals surface area contributed by atoms with E-state index >= 15 is 0 Å². The second kappa shape index (κ2) is 9.47. The number of nitrogens with zero attached hydrogens (tertiary/aromatic N) is 3. The van der Waals surface area contributed by atoms with E-state index in [-0.39, 0.29) is 17.9 Å². The number of nitrogens with one attached hydrogen (secondary N) is 1. The molecule has 0 saturated carbocycles. The average molecular weight is 390 g/mol. The number of carbonyl (C=O) groups excluding carboxylic acids is 1. The van der Waals surface area contributed by atoms with Crippen LogP contribution in [0.2, 0.25) is 0 Å². The summed E-state index contributed by atoms with van der Waals surface area (Å²) in [5.74, 6) is -0.0311. The quantitative estimate of drug-likeness (QED) is 0.744. The summed E-state index contributed by atoms with van der Waals surface area (Å²) in [6, 6.07) is 20.3. The van der Waals surface area contributed by atoms with E-state index in [2.05, 4.69) is 39.9 Å². The molecule has 6 nitrogen and oxygen atoms in total. The van der Waals surface area contributed by atoms with Gasteiger partial charge in [-0.2, -0.15) is 0 Å². The zero-order valence-corrected chi connectivity index (χ0v) is 16.4. The Bertz CT molecular complexity index is 911. The van der Waals surface area contributed by atoms with Crippen LogP contribution in [0.1, 0.15) is 23.2 Å². The van der Waals surface area contributed by atoms with Gasteiger partial charge in [-0.25, -0.2) is 4.68 Å². The van der Waals surface area contributed by atoms with Crippen molar-refractivity contribution in [3.63, 3.8) is 0 Å². The smallest absolute Gasteiger partial charge is 0.223 e. The van der Waals surface area contributed by atoms with Crippen LogP contribution < -0.4 is 5.32 Å². The van der Waals surface area contributed by atoms with Gasteiger partial charge in [-0.05, 0) is 36.8 Å². The lowest BCUT2D eigenvalue weighted by molar-refractivity contribution is -0.126. The first-order valence-electron chi connectivity index (χ1n) is 10.1. The van der Waals surface area contributed by atoms with E-state index in [4.69, 9.17) is 4.74 Å². The molecule has 2 heterocycles. The Hall–Kier alpha value is -2.99. The monoisotopic (exact) mass is 390 g/mol. The lowest BCUT2D eigenvalue weighted by Gasteiger charge is -2.22. The molecular weight excluding hydrogens is 364 g/mol. The minimum Gasteiger partial charge on any atom is -0.357 e. The second-order valence-electron chi connectivity index (χ2n) is 7.55. The summed E-state index contributed by atoms with van der Waals surface area (Å²) in [5.41, 5.74) is 3.35. The standard InChI is InChI=1S/C23H26N4O2/c28-23-20(13-18-7-3-1-4-8-18)11-12-22-15-24-26-27(22)17-29-16-21(25-23)14-19-9-5-2-6-10-19/h1-10,15,20-21H,11-14,16-17H2,(H,25,28)/t20-,21+/m1/s1. The molecule has 1 aromatic heterocycles. The zero-order valence-electron chi connectivity index (χ0n) is 16.4. The third-order valence-corrected chi connectivity index (χ3v) is 5.35. The Morgan fingerprint density at radius 1 is 1.00 bits per heavy atom. The molecule has 2 atom stereocenters. The molecule has 2 aromatic carbocycles. The van der Waals surface area contributed by atoms with Crippen molar-refractivity contribution in [1.29, 1.82) is 0 Å². The van der Waals surface area contributed by atoms with Gasteiger partial charge in [0.2, 0.25) is 5.91 Å². The topological polar surface area (TPSA) is 69.0 Å². The van der Waals surface area contributed by atoms with Crippen molar-refractivity contribution in [2.45, 2.75) is 38.5 Å². The number of aryl methyl sites for hydroxylation is 1. The largest absolute Gasteiger partial charge is 0.357 e. The van der Waals surface area contributed by atoms with Gasteiger partial charge in [0.15, 0.2) is 0 Å². The maximum atomic E-state index is 13.2. The molecule has 1 aliphatic heterocycles. The van der Waals surface area contributed by atoms with Gasteiger partial charge in [-0.3, -0.25) is 4.79 Å². The first-order valence-corrected chi connectivity index (χ1v) is 10.1. The summed E-state index contributed by atoms with van der Waals surface area (Å²) in [5, 5.41) is 11.4. The molecule has 0 unspecified atom stereocenters. The molecule has 3 aromatic rings. The first-order chi connectivity index (χ1) is 14.3. The van der Waals surface area contributed by atoms with Gasteiger partial charge in [0, 0.05) is 5.92 Å². The minimum atomic E-state index is -0.114. The van der Waals surface area contributed by atoms with Crippen molar-refractivity contribution >= 4 is 5.91 Å². The Balaban J connectivity index is 1.54. The predicted molar refractivity (Wildman–Crippen MR) is 110 cm³/mol. The van der Waals surface area contributed by atoms with Crippen molar-refractivity contribution in [2.75, 3.05) is 6.61 Å². The zero-order chi connectivity index (χ0) is 19.9. The summed E-state index contributed by atoms with van der Waals surface area (Å²) in [6.07, 6.45) is 4.69. The summed E-state index contributed by atoms with van der Waals surface area (Å²) in [7, 11) is 0. The van der Waals surface area contributed by atoms with Gasteiger partial charge >= 0.3 is 0 Å². The van der Waals surface area contributed by atoms with E-state index < -0.39 is 0 Å². The highest BCUT2D eigenvalue weighted by Crippen LogP contribution is 2.18. The minimum absolute atomic E-state index is 0.0827. The summed E-state index contributed by atoms with van der Waals surface area (Å²) in [6.45, 7) is 0.776. The average Bonchev–Trinajstić information content (AvgIpc) is 3.18. The summed E-state index contributed by atoms with van der Waals surface area (Å²) in [4.78, 5) is 13.2. The molecule has 0 spiro atoms. The molecule has 1 aliphatic rings. The number of carbonyl (C=O) groups is 1. The van der Waals surface area contributed by atoms with Crippen molar-refractivity contribution in [1.82, 2.24) is 20.3 Å². The van der Waals surface area contributed by atoms with Crippen LogP contribution in [0, 0.1) is 5.92 Å². The lowest BCUT2D eigenvalue weighted by atomic mass is 9.92. The number of ether oxygens (including phenoxy) is 1. The van der Waals surface area contributed by atoms with Crippen LogP contribution in [0.25, 0.3) is 0 Å². The second-order valence-corrected chi connectivity index (χ2v) is 7.55. The first kappa shape index (κ1) is 19.3. The number of hydrogen-bond acceptors (Lipinski definition) is 4. The third kappa shape index (κ3) is 5.29.